The van der Waals surface area contributed by atoms with Gasteiger partial charge < -0.3 is 9.80 Å². The zero-order valence-corrected chi connectivity index (χ0v) is 15.7. The Morgan fingerprint density at radius 2 is 1.69 bits per heavy atom. The first-order valence-corrected chi connectivity index (χ1v) is 10.3. The summed E-state index contributed by atoms with van der Waals surface area (Å²) in [5, 5.41) is 12.1. The molecular formula is C17H18ClN3O4S. The summed E-state index contributed by atoms with van der Waals surface area (Å²) >= 11 is 6.03. The number of anilines is 2. The van der Waals surface area contributed by atoms with Gasteiger partial charge in [0.05, 0.1) is 9.82 Å². The smallest absolute Gasteiger partial charge is 0.293 e. The van der Waals surface area contributed by atoms with Crippen molar-refractivity contribution in [1.29, 1.82) is 0 Å². The summed E-state index contributed by atoms with van der Waals surface area (Å²) in [6, 6.07) is 11.6. The topological polar surface area (TPSA) is 83.8 Å². The van der Waals surface area contributed by atoms with Gasteiger partial charge in [-0.1, -0.05) is 17.7 Å². The van der Waals surface area contributed by atoms with Crippen LogP contribution in [0.25, 0.3) is 0 Å². The fraction of sp³-hybridized carbons (Fsp3) is 0.294. The van der Waals surface area contributed by atoms with Crippen LogP contribution in [0.1, 0.15) is 0 Å². The largest absolute Gasteiger partial charge is 0.368 e. The Kier molecular flexibility index (Phi) is 5.06. The molecule has 0 aromatic heterocycles. The van der Waals surface area contributed by atoms with Crippen LogP contribution in [0.3, 0.4) is 0 Å². The first-order valence-electron chi connectivity index (χ1n) is 7.99. The number of piperazine rings is 1. The molecule has 0 saturated carbocycles. The highest BCUT2D eigenvalue weighted by Crippen LogP contribution is 2.32. The molecule has 1 heterocycles. The lowest BCUT2D eigenvalue weighted by atomic mass is 10.2. The second kappa shape index (κ2) is 7.13. The monoisotopic (exact) mass is 395 g/mol. The molecular weight excluding hydrogens is 378 g/mol. The summed E-state index contributed by atoms with van der Waals surface area (Å²) in [5.41, 5.74) is 1.26. The van der Waals surface area contributed by atoms with E-state index in [9.17, 15) is 18.5 Å². The third-order valence-corrected chi connectivity index (χ3v) is 5.71. The Balaban J connectivity index is 1.82. The first-order chi connectivity index (χ1) is 12.3. The quantitative estimate of drug-likeness (QED) is 0.584. The molecule has 0 radical (unpaired) electrons. The van der Waals surface area contributed by atoms with Gasteiger partial charge in [0.25, 0.3) is 5.69 Å². The molecule has 2 aromatic carbocycles. The predicted molar refractivity (Wildman–Crippen MR) is 102 cm³/mol. The Morgan fingerprint density at radius 3 is 2.27 bits per heavy atom. The van der Waals surface area contributed by atoms with Gasteiger partial charge in [0, 0.05) is 49.2 Å². The van der Waals surface area contributed by atoms with Crippen molar-refractivity contribution >= 4 is 38.5 Å². The van der Waals surface area contributed by atoms with E-state index in [1.807, 2.05) is 29.2 Å². The third kappa shape index (κ3) is 3.91. The van der Waals surface area contributed by atoms with Gasteiger partial charge in [0.15, 0.2) is 9.84 Å². The van der Waals surface area contributed by atoms with E-state index in [-0.39, 0.29) is 10.6 Å². The van der Waals surface area contributed by atoms with Crippen molar-refractivity contribution < 1.29 is 13.3 Å². The van der Waals surface area contributed by atoms with Crippen LogP contribution in [-0.2, 0) is 9.84 Å². The number of rotatable bonds is 4. The molecule has 1 aliphatic heterocycles. The zero-order chi connectivity index (χ0) is 18.9. The molecule has 0 spiro atoms. The van der Waals surface area contributed by atoms with Crippen LogP contribution in [0.15, 0.2) is 47.4 Å². The van der Waals surface area contributed by atoms with Gasteiger partial charge in [-0.15, -0.1) is 0 Å². The molecule has 0 amide bonds. The van der Waals surface area contributed by atoms with E-state index >= 15 is 0 Å². The molecule has 9 heteroatoms. The standard InChI is InChI=1S/C17H18ClN3O4S/c1-26(24,25)15-5-6-16(17(12-15)21(22)23)20-9-7-19(8-10-20)14-4-2-3-13(18)11-14/h2-6,11-12H,7-10H2,1H3. The number of sulfone groups is 1. The lowest BCUT2D eigenvalue weighted by molar-refractivity contribution is -0.384. The van der Waals surface area contributed by atoms with Crippen molar-refractivity contribution in [2.45, 2.75) is 4.90 Å². The van der Waals surface area contributed by atoms with E-state index in [0.717, 1.165) is 18.0 Å². The molecule has 138 valence electrons. The zero-order valence-electron chi connectivity index (χ0n) is 14.1. The summed E-state index contributed by atoms with van der Waals surface area (Å²) in [6.07, 6.45) is 1.04. The van der Waals surface area contributed by atoms with Gasteiger partial charge in [0.2, 0.25) is 0 Å². The van der Waals surface area contributed by atoms with Gasteiger partial charge >= 0.3 is 0 Å². The van der Waals surface area contributed by atoms with E-state index in [2.05, 4.69) is 4.90 Å². The molecule has 0 atom stereocenters. The van der Waals surface area contributed by atoms with Gasteiger partial charge in [-0.25, -0.2) is 8.42 Å². The number of benzene rings is 2. The van der Waals surface area contributed by atoms with Crippen molar-refractivity contribution in [1.82, 2.24) is 0 Å². The van der Waals surface area contributed by atoms with E-state index in [4.69, 9.17) is 11.6 Å². The number of nitro groups is 1. The highest BCUT2D eigenvalue weighted by Gasteiger charge is 2.25. The van der Waals surface area contributed by atoms with Crippen LogP contribution in [0.2, 0.25) is 5.02 Å². The predicted octanol–water partition coefficient (Wildman–Crippen LogP) is 2.98. The normalized spacial score (nSPS) is 15.2. The van der Waals surface area contributed by atoms with Crippen molar-refractivity contribution in [2.75, 3.05) is 42.2 Å². The van der Waals surface area contributed by atoms with Gasteiger partial charge in [0.1, 0.15) is 5.69 Å². The van der Waals surface area contributed by atoms with Gasteiger partial charge in [-0.3, -0.25) is 10.1 Å². The maximum absolute atomic E-state index is 11.7. The third-order valence-electron chi connectivity index (χ3n) is 4.37. The summed E-state index contributed by atoms with van der Waals surface area (Å²) in [5.74, 6) is 0. The summed E-state index contributed by atoms with van der Waals surface area (Å²) in [4.78, 5) is 14.9. The fourth-order valence-corrected chi connectivity index (χ4v) is 3.85. The van der Waals surface area contributed by atoms with Crippen LogP contribution in [0.5, 0.6) is 0 Å². The molecule has 26 heavy (non-hydrogen) atoms. The highest BCUT2D eigenvalue weighted by molar-refractivity contribution is 7.90. The van der Waals surface area contributed by atoms with Crippen LogP contribution < -0.4 is 9.80 Å². The molecule has 0 unspecified atom stereocenters. The Bertz CT molecular complexity index is 941. The number of nitrogens with zero attached hydrogens (tertiary/aromatic N) is 3. The van der Waals surface area contributed by atoms with Crippen LogP contribution in [0.4, 0.5) is 17.1 Å². The van der Waals surface area contributed by atoms with Crippen LogP contribution in [-0.4, -0.2) is 45.8 Å². The molecule has 1 fully saturated rings. The molecule has 1 saturated heterocycles. The average molecular weight is 396 g/mol. The maximum Gasteiger partial charge on any atom is 0.293 e. The highest BCUT2D eigenvalue weighted by atomic mass is 35.5. The number of hydrogen-bond acceptors (Lipinski definition) is 6. The van der Waals surface area contributed by atoms with Crippen molar-refractivity contribution in [3.05, 3.63) is 57.6 Å². The average Bonchev–Trinajstić information content (AvgIpc) is 2.60. The summed E-state index contributed by atoms with van der Waals surface area (Å²) in [6.45, 7) is 2.55. The van der Waals surface area contributed by atoms with E-state index in [1.165, 1.54) is 12.1 Å². The molecule has 0 N–H and O–H groups in total. The van der Waals surface area contributed by atoms with E-state index in [1.54, 1.807) is 0 Å². The molecule has 3 rings (SSSR count). The lowest BCUT2D eigenvalue weighted by Crippen LogP contribution is -2.46. The minimum Gasteiger partial charge on any atom is -0.368 e. The molecule has 7 nitrogen and oxygen atoms in total. The fourth-order valence-electron chi connectivity index (χ4n) is 3.03. The SMILES string of the molecule is CS(=O)(=O)c1ccc(N2CCN(c3cccc(Cl)c3)CC2)c([N+](=O)[O-])c1. The lowest BCUT2D eigenvalue weighted by Gasteiger charge is -2.37. The Hall–Kier alpha value is -2.32. The van der Waals surface area contributed by atoms with E-state index in [0.29, 0.717) is 36.9 Å². The maximum atomic E-state index is 11.7. The number of hydrogen-bond donors (Lipinski definition) is 0. The molecule has 0 aliphatic carbocycles. The molecule has 0 bridgehead atoms. The van der Waals surface area contributed by atoms with Crippen LogP contribution >= 0.6 is 11.6 Å². The molecule has 1 aliphatic rings. The van der Waals surface area contributed by atoms with Crippen molar-refractivity contribution in [2.24, 2.45) is 0 Å². The Morgan fingerprint density at radius 1 is 1.04 bits per heavy atom. The first kappa shape index (κ1) is 18.5. The molecule has 2 aromatic rings. The van der Waals surface area contributed by atoms with Crippen molar-refractivity contribution in [3.8, 4) is 0 Å². The van der Waals surface area contributed by atoms with Crippen molar-refractivity contribution in [3.63, 3.8) is 0 Å². The number of nitro benzene ring substituents is 1. The van der Waals surface area contributed by atoms with Gasteiger partial charge in [-0.2, -0.15) is 0 Å². The minimum absolute atomic E-state index is 0.0505. The van der Waals surface area contributed by atoms with E-state index < -0.39 is 14.8 Å². The van der Waals surface area contributed by atoms with Crippen LogP contribution in [0, 0.1) is 10.1 Å². The van der Waals surface area contributed by atoms with Gasteiger partial charge in [-0.05, 0) is 30.3 Å². The second-order valence-corrected chi connectivity index (χ2v) is 8.59. The minimum atomic E-state index is -3.50. The summed E-state index contributed by atoms with van der Waals surface area (Å²) < 4.78 is 23.3. The Labute approximate surface area is 156 Å². The number of halogens is 1. The second-order valence-electron chi connectivity index (χ2n) is 6.13. The summed E-state index contributed by atoms with van der Waals surface area (Å²) in [7, 11) is -3.50.